The highest BCUT2D eigenvalue weighted by molar-refractivity contribution is 6.33. The van der Waals surface area contributed by atoms with E-state index in [1.54, 1.807) is 4.90 Å². The van der Waals surface area contributed by atoms with Crippen molar-refractivity contribution in [1.29, 1.82) is 0 Å². The van der Waals surface area contributed by atoms with E-state index in [9.17, 15) is 14.0 Å². The molecule has 0 unspecified atom stereocenters. The van der Waals surface area contributed by atoms with Crippen LogP contribution < -0.4 is 5.73 Å². The van der Waals surface area contributed by atoms with Crippen molar-refractivity contribution in [2.75, 3.05) is 26.2 Å². The first-order chi connectivity index (χ1) is 11.4. The predicted octanol–water partition coefficient (Wildman–Crippen LogP) is 2.46. The Bertz CT molecular complexity index is 637. The molecular formula is C17H22Cl2FN3O2. The smallest absolute Gasteiger partial charge is 0.258 e. The van der Waals surface area contributed by atoms with Crippen LogP contribution in [0.4, 0.5) is 4.39 Å². The van der Waals surface area contributed by atoms with E-state index in [2.05, 4.69) is 0 Å². The summed E-state index contributed by atoms with van der Waals surface area (Å²) in [5, 5.41) is 0.102. The Morgan fingerprint density at radius 2 is 1.64 bits per heavy atom. The molecule has 0 radical (unpaired) electrons. The summed E-state index contributed by atoms with van der Waals surface area (Å²) >= 11 is 5.96. The van der Waals surface area contributed by atoms with Gasteiger partial charge in [0.05, 0.1) is 16.1 Å². The van der Waals surface area contributed by atoms with Crippen molar-refractivity contribution >= 4 is 35.8 Å². The molecule has 1 saturated heterocycles. The molecule has 0 atom stereocenters. The molecule has 2 amide bonds. The minimum absolute atomic E-state index is 0. The Balaban J connectivity index is 0.00000225. The van der Waals surface area contributed by atoms with Gasteiger partial charge < -0.3 is 15.5 Å². The Morgan fingerprint density at radius 3 is 2.20 bits per heavy atom. The Hall–Kier alpha value is -1.37. The van der Waals surface area contributed by atoms with Crippen molar-refractivity contribution < 1.29 is 14.0 Å². The lowest BCUT2D eigenvalue weighted by Gasteiger charge is -2.38. The summed E-state index contributed by atoms with van der Waals surface area (Å²) in [6.07, 6.45) is 3.39. The predicted molar refractivity (Wildman–Crippen MR) is 96.5 cm³/mol. The molecule has 0 aromatic heterocycles. The van der Waals surface area contributed by atoms with Crippen molar-refractivity contribution in [3.05, 3.63) is 34.6 Å². The fraction of sp³-hybridized carbons (Fsp3) is 0.529. The highest BCUT2D eigenvalue weighted by Crippen LogP contribution is 2.29. The molecule has 1 aliphatic carbocycles. The number of nitrogens with two attached hydrogens (primary N) is 1. The van der Waals surface area contributed by atoms with Crippen LogP contribution in [0.5, 0.6) is 0 Å². The molecule has 25 heavy (non-hydrogen) atoms. The molecular weight excluding hydrogens is 368 g/mol. The highest BCUT2D eigenvalue weighted by atomic mass is 35.5. The lowest BCUT2D eigenvalue weighted by Crippen LogP contribution is -2.59. The molecule has 1 aromatic rings. The summed E-state index contributed by atoms with van der Waals surface area (Å²) in [4.78, 5) is 28.4. The van der Waals surface area contributed by atoms with Crippen molar-refractivity contribution in [3.8, 4) is 0 Å². The third-order valence-corrected chi connectivity index (χ3v) is 5.27. The van der Waals surface area contributed by atoms with Gasteiger partial charge in [0, 0.05) is 26.2 Å². The van der Waals surface area contributed by atoms with Gasteiger partial charge in [-0.25, -0.2) is 4.39 Å². The van der Waals surface area contributed by atoms with Gasteiger partial charge in [0.15, 0.2) is 0 Å². The molecule has 1 aromatic carbocycles. The molecule has 3 rings (SSSR count). The maximum atomic E-state index is 13.9. The molecule has 1 heterocycles. The van der Waals surface area contributed by atoms with Crippen LogP contribution in [0.3, 0.4) is 0 Å². The molecule has 2 N–H and O–H groups in total. The summed E-state index contributed by atoms with van der Waals surface area (Å²) in [7, 11) is 0. The molecule has 2 fully saturated rings. The monoisotopic (exact) mass is 389 g/mol. The van der Waals surface area contributed by atoms with E-state index in [0.29, 0.717) is 26.2 Å². The number of hydrogen-bond acceptors (Lipinski definition) is 3. The van der Waals surface area contributed by atoms with Gasteiger partial charge in [0.25, 0.3) is 5.91 Å². The average molecular weight is 390 g/mol. The largest absolute Gasteiger partial charge is 0.338 e. The van der Waals surface area contributed by atoms with Crippen LogP contribution in [0.2, 0.25) is 5.02 Å². The number of carbonyl (C=O) groups is 2. The highest BCUT2D eigenvalue weighted by Gasteiger charge is 2.41. The lowest BCUT2D eigenvalue weighted by molar-refractivity contribution is -0.138. The Morgan fingerprint density at radius 1 is 1.08 bits per heavy atom. The molecule has 5 nitrogen and oxygen atoms in total. The van der Waals surface area contributed by atoms with Gasteiger partial charge in [-0.05, 0) is 25.0 Å². The minimum Gasteiger partial charge on any atom is -0.338 e. The topological polar surface area (TPSA) is 66.6 Å². The van der Waals surface area contributed by atoms with Crippen molar-refractivity contribution in [2.45, 2.75) is 31.2 Å². The second-order valence-electron chi connectivity index (χ2n) is 6.54. The van der Waals surface area contributed by atoms with Gasteiger partial charge in [-0.1, -0.05) is 30.5 Å². The zero-order chi connectivity index (χ0) is 17.3. The van der Waals surface area contributed by atoms with E-state index < -0.39 is 17.3 Å². The fourth-order valence-electron chi connectivity index (χ4n) is 3.51. The van der Waals surface area contributed by atoms with E-state index in [1.807, 2.05) is 0 Å². The number of piperazine rings is 1. The van der Waals surface area contributed by atoms with Crippen molar-refractivity contribution in [1.82, 2.24) is 9.80 Å². The molecule has 1 aliphatic heterocycles. The van der Waals surface area contributed by atoms with E-state index in [4.69, 9.17) is 17.3 Å². The van der Waals surface area contributed by atoms with Crippen LogP contribution in [0.15, 0.2) is 18.2 Å². The second-order valence-corrected chi connectivity index (χ2v) is 6.95. The van der Waals surface area contributed by atoms with Gasteiger partial charge in [0.1, 0.15) is 5.82 Å². The molecule has 1 saturated carbocycles. The second kappa shape index (κ2) is 7.89. The third-order valence-electron chi connectivity index (χ3n) is 4.95. The van der Waals surface area contributed by atoms with Crippen molar-refractivity contribution in [2.24, 2.45) is 5.73 Å². The Labute approximate surface area is 157 Å². The Kier molecular flexibility index (Phi) is 6.30. The van der Waals surface area contributed by atoms with E-state index in [-0.39, 0.29) is 28.9 Å². The minimum atomic E-state index is -0.749. The molecule has 2 aliphatic rings. The van der Waals surface area contributed by atoms with Gasteiger partial charge in [0.2, 0.25) is 5.91 Å². The standard InChI is InChI=1S/C17H21ClFN3O2.ClH/c18-12-4-3-5-13(19)14(12)15(23)21-8-10-22(11-9-21)16(24)17(20)6-1-2-7-17;/h3-5H,1-2,6-11,20H2;1H. The summed E-state index contributed by atoms with van der Waals surface area (Å²) in [5.74, 6) is -1.09. The van der Waals surface area contributed by atoms with Crippen LogP contribution in [-0.2, 0) is 4.79 Å². The summed E-state index contributed by atoms with van der Waals surface area (Å²) in [5.41, 5.74) is 5.36. The number of hydrogen-bond donors (Lipinski definition) is 1. The number of rotatable bonds is 2. The molecule has 0 spiro atoms. The summed E-state index contributed by atoms with van der Waals surface area (Å²) in [6, 6.07) is 4.18. The lowest BCUT2D eigenvalue weighted by atomic mass is 9.97. The van der Waals surface area contributed by atoms with E-state index in [0.717, 1.165) is 25.7 Å². The number of benzene rings is 1. The first kappa shape index (κ1) is 19.9. The van der Waals surface area contributed by atoms with Gasteiger partial charge in [-0.15, -0.1) is 12.4 Å². The van der Waals surface area contributed by atoms with E-state index in [1.165, 1.54) is 23.1 Å². The van der Waals surface area contributed by atoms with Crippen LogP contribution in [0.1, 0.15) is 36.0 Å². The third kappa shape index (κ3) is 3.91. The van der Waals surface area contributed by atoms with Gasteiger partial charge in [-0.2, -0.15) is 0 Å². The first-order valence-corrected chi connectivity index (χ1v) is 8.62. The average Bonchev–Trinajstić information content (AvgIpc) is 3.02. The fourth-order valence-corrected chi connectivity index (χ4v) is 3.75. The van der Waals surface area contributed by atoms with Gasteiger partial charge in [-0.3, -0.25) is 9.59 Å². The van der Waals surface area contributed by atoms with Gasteiger partial charge >= 0.3 is 0 Å². The first-order valence-electron chi connectivity index (χ1n) is 8.24. The number of halogens is 3. The number of amides is 2. The van der Waals surface area contributed by atoms with Crippen LogP contribution in [0, 0.1) is 5.82 Å². The van der Waals surface area contributed by atoms with Crippen LogP contribution in [0.25, 0.3) is 0 Å². The summed E-state index contributed by atoms with van der Waals surface area (Å²) < 4.78 is 13.9. The molecule has 8 heteroatoms. The zero-order valence-electron chi connectivity index (χ0n) is 13.8. The maximum Gasteiger partial charge on any atom is 0.258 e. The summed E-state index contributed by atoms with van der Waals surface area (Å²) in [6.45, 7) is 1.53. The molecule has 138 valence electrons. The maximum absolute atomic E-state index is 13.9. The number of carbonyl (C=O) groups excluding carboxylic acids is 2. The van der Waals surface area contributed by atoms with Crippen LogP contribution in [-0.4, -0.2) is 53.3 Å². The van der Waals surface area contributed by atoms with Crippen molar-refractivity contribution in [3.63, 3.8) is 0 Å². The quantitative estimate of drug-likeness (QED) is 0.844. The zero-order valence-corrected chi connectivity index (χ0v) is 15.4. The van der Waals surface area contributed by atoms with Crippen LogP contribution >= 0.6 is 24.0 Å². The van der Waals surface area contributed by atoms with E-state index >= 15 is 0 Å². The molecule has 0 bridgehead atoms. The normalized spacial score (nSPS) is 19.5. The SMILES string of the molecule is Cl.NC1(C(=O)N2CCN(C(=O)c3c(F)cccc3Cl)CC2)CCCC1. The number of nitrogens with zero attached hydrogens (tertiary/aromatic N) is 2.